The van der Waals surface area contributed by atoms with Gasteiger partial charge in [0.05, 0.1) is 5.69 Å². The molecule has 0 radical (unpaired) electrons. The molecule has 0 aliphatic rings. The minimum absolute atomic E-state index is 0.878. The summed E-state index contributed by atoms with van der Waals surface area (Å²) in [6, 6.07) is 62.6. The van der Waals surface area contributed by atoms with Gasteiger partial charge in [-0.25, -0.2) is 0 Å². The molecule has 0 bridgehead atoms. The van der Waals surface area contributed by atoms with Crippen LogP contribution in [0.4, 0.5) is 17.1 Å². The highest BCUT2D eigenvalue weighted by atomic mass is 16.3. The minimum atomic E-state index is 0.878. The Balaban J connectivity index is 1.18. The second-order valence-corrected chi connectivity index (χ2v) is 11.7. The summed E-state index contributed by atoms with van der Waals surface area (Å²) in [5.74, 6) is 0. The first-order chi connectivity index (χ1) is 22.8. The molecule has 0 saturated heterocycles. The topological polar surface area (TPSA) is 16.4 Å². The van der Waals surface area contributed by atoms with Crippen molar-refractivity contribution in [2.75, 3.05) is 4.90 Å². The third kappa shape index (κ3) is 4.35. The van der Waals surface area contributed by atoms with E-state index in [1.54, 1.807) is 0 Å². The van der Waals surface area contributed by atoms with Crippen LogP contribution in [0.3, 0.4) is 0 Å². The lowest BCUT2D eigenvalue weighted by molar-refractivity contribution is 0.669. The molecule has 8 aromatic carbocycles. The number of furan rings is 1. The van der Waals surface area contributed by atoms with Gasteiger partial charge in [-0.1, -0.05) is 133 Å². The van der Waals surface area contributed by atoms with Crippen molar-refractivity contribution in [3.05, 3.63) is 176 Å². The summed E-state index contributed by atoms with van der Waals surface area (Å²) >= 11 is 0. The van der Waals surface area contributed by atoms with E-state index in [0.717, 1.165) is 39.0 Å². The highest BCUT2D eigenvalue weighted by Crippen LogP contribution is 2.43. The zero-order valence-electron chi connectivity index (χ0n) is 25.1. The SMILES string of the molecule is c1ccc(-c2ccc(-c3ccc(N(c4ccccc4)c4cccc5c4oc4cc6ccccc6cc45)cc3)c3ccccc23)cc1. The third-order valence-electron chi connectivity index (χ3n) is 9.05. The molecule has 216 valence electrons. The van der Waals surface area contributed by atoms with Crippen molar-refractivity contribution in [2.45, 2.75) is 0 Å². The smallest absolute Gasteiger partial charge is 0.159 e. The van der Waals surface area contributed by atoms with Gasteiger partial charge in [0.2, 0.25) is 0 Å². The van der Waals surface area contributed by atoms with Crippen molar-refractivity contribution in [2.24, 2.45) is 0 Å². The summed E-state index contributed by atoms with van der Waals surface area (Å²) in [6.45, 7) is 0. The van der Waals surface area contributed by atoms with Gasteiger partial charge in [0, 0.05) is 22.1 Å². The van der Waals surface area contributed by atoms with Crippen molar-refractivity contribution in [3.63, 3.8) is 0 Å². The first-order valence-electron chi connectivity index (χ1n) is 15.7. The number of hydrogen-bond acceptors (Lipinski definition) is 2. The first kappa shape index (κ1) is 26.3. The predicted octanol–water partition coefficient (Wildman–Crippen LogP) is 12.7. The van der Waals surface area contributed by atoms with E-state index in [4.69, 9.17) is 4.42 Å². The fraction of sp³-hybridized carbons (Fsp3) is 0. The maximum atomic E-state index is 6.66. The number of benzene rings is 8. The Morgan fingerprint density at radius 1 is 0.370 bits per heavy atom. The lowest BCUT2D eigenvalue weighted by Gasteiger charge is -2.25. The highest BCUT2D eigenvalue weighted by Gasteiger charge is 2.20. The molecular weight excluding hydrogens is 558 g/mol. The standard InChI is InChI=1S/C44H29NO/c1-3-12-30(13-4-1)36-26-27-37(39-19-10-9-18-38(36)39)31-22-24-35(25-23-31)45(34-16-5-2-6-17-34)42-21-11-20-40-41-28-32-14-7-8-15-33(32)29-43(41)46-44(40)42/h1-29H. The molecule has 9 rings (SSSR count). The Labute approximate surface area is 267 Å². The van der Waals surface area contributed by atoms with Crippen molar-refractivity contribution in [3.8, 4) is 22.3 Å². The van der Waals surface area contributed by atoms with Crippen molar-refractivity contribution >= 4 is 60.5 Å². The van der Waals surface area contributed by atoms with Gasteiger partial charge in [0.25, 0.3) is 0 Å². The molecule has 0 amide bonds. The molecule has 46 heavy (non-hydrogen) atoms. The minimum Gasteiger partial charge on any atom is -0.454 e. The highest BCUT2D eigenvalue weighted by molar-refractivity contribution is 6.14. The molecule has 0 aliphatic carbocycles. The van der Waals surface area contributed by atoms with E-state index < -0.39 is 0 Å². The predicted molar refractivity (Wildman–Crippen MR) is 194 cm³/mol. The maximum Gasteiger partial charge on any atom is 0.159 e. The van der Waals surface area contributed by atoms with Crippen molar-refractivity contribution < 1.29 is 4.42 Å². The van der Waals surface area contributed by atoms with Crippen LogP contribution in [0.5, 0.6) is 0 Å². The van der Waals surface area contributed by atoms with Gasteiger partial charge in [-0.2, -0.15) is 0 Å². The Kier molecular flexibility index (Phi) is 6.17. The van der Waals surface area contributed by atoms with E-state index in [0.29, 0.717) is 0 Å². The Morgan fingerprint density at radius 3 is 1.61 bits per heavy atom. The van der Waals surface area contributed by atoms with Gasteiger partial charge in [-0.05, 0) is 86.3 Å². The fourth-order valence-corrected chi connectivity index (χ4v) is 6.86. The van der Waals surface area contributed by atoms with E-state index in [-0.39, 0.29) is 0 Å². The molecule has 1 aromatic heterocycles. The summed E-state index contributed by atoms with van der Waals surface area (Å²) in [7, 11) is 0. The monoisotopic (exact) mass is 587 g/mol. The van der Waals surface area contributed by atoms with E-state index in [1.807, 2.05) is 0 Å². The van der Waals surface area contributed by atoms with Crippen LogP contribution in [0.2, 0.25) is 0 Å². The van der Waals surface area contributed by atoms with Crippen molar-refractivity contribution in [1.29, 1.82) is 0 Å². The summed E-state index contributed by atoms with van der Waals surface area (Å²) in [5, 5.41) is 7.13. The van der Waals surface area contributed by atoms with Gasteiger partial charge in [0.15, 0.2) is 5.58 Å². The third-order valence-corrected chi connectivity index (χ3v) is 9.05. The quantitative estimate of drug-likeness (QED) is 0.199. The van der Waals surface area contributed by atoms with Crippen LogP contribution in [0.1, 0.15) is 0 Å². The second kappa shape index (κ2) is 10.8. The fourth-order valence-electron chi connectivity index (χ4n) is 6.86. The second-order valence-electron chi connectivity index (χ2n) is 11.7. The molecule has 0 spiro atoms. The zero-order valence-corrected chi connectivity index (χ0v) is 25.1. The summed E-state index contributed by atoms with van der Waals surface area (Å²) in [6.07, 6.45) is 0. The van der Waals surface area contributed by atoms with E-state index >= 15 is 0 Å². The molecule has 0 N–H and O–H groups in total. The number of hydrogen-bond donors (Lipinski definition) is 0. The molecule has 0 aliphatic heterocycles. The summed E-state index contributed by atoms with van der Waals surface area (Å²) in [4.78, 5) is 2.30. The van der Waals surface area contributed by atoms with Crippen LogP contribution in [0, 0.1) is 0 Å². The molecule has 0 unspecified atom stereocenters. The number of anilines is 3. The number of fused-ring (bicyclic) bond motifs is 5. The van der Waals surface area contributed by atoms with E-state index in [2.05, 4.69) is 181 Å². The van der Waals surface area contributed by atoms with Gasteiger partial charge >= 0.3 is 0 Å². The van der Waals surface area contributed by atoms with Crippen molar-refractivity contribution in [1.82, 2.24) is 0 Å². The van der Waals surface area contributed by atoms with Crippen LogP contribution in [0.25, 0.3) is 65.7 Å². The largest absolute Gasteiger partial charge is 0.454 e. The molecule has 2 heteroatoms. The van der Waals surface area contributed by atoms with Crippen LogP contribution >= 0.6 is 0 Å². The van der Waals surface area contributed by atoms with Crippen LogP contribution in [-0.4, -0.2) is 0 Å². The van der Waals surface area contributed by atoms with Gasteiger partial charge < -0.3 is 9.32 Å². The molecule has 2 nitrogen and oxygen atoms in total. The van der Waals surface area contributed by atoms with Crippen LogP contribution in [0.15, 0.2) is 180 Å². The molecule has 1 heterocycles. The molecule has 0 fully saturated rings. The van der Waals surface area contributed by atoms with Gasteiger partial charge in [-0.15, -0.1) is 0 Å². The Hall–Kier alpha value is -6.12. The summed E-state index contributed by atoms with van der Waals surface area (Å²) in [5.41, 5.74) is 9.81. The summed E-state index contributed by atoms with van der Waals surface area (Å²) < 4.78 is 6.66. The lowest BCUT2D eigenvalue weighted by Crippen LogP contribution is -2.10. The Morgan fingerprint density at radius 2 is 0.913 bits per heavy atom. The number of para-hydroxylation sites is 2. The normalized spacial score (nSPS) is 11.5. The van der Waals surface area contributed by atoms with Crippen LogP contribution < -0.4 is 4.90 Å². The average Bonchev–Trinajstić information content (AvgIpc) is 3.49. The molecular formula is C44H29NO. The van der Waals surface area contributed by atoms with Crippen LogP contribution in [-0.2, 0) is 0 Å². The molecule has 9 aromatic rings. The van der Waals surface area contributed by atoms with Gasteiger partial charge in [0.1, 0.15) is 5.58 Å². The van der Waals surface area contributed by atoms with E-state index in [1.165, 1.54) is 43.8 Å². The zero-order chi connectivity index (χ0) is 30.5. The lowest BCUT2D eigenvalue weighted by atomic mass is 9.92. The van der Waals surface area contributed by atoms with Gasteiger partial charge in [-0.3, -0.25) is 0 Å². The first-order valence-corrected chi connectivity index (χ1v) is 15.7. The average molecular weight is 588 g/mol. The number of rotatable bonds is 5. The molecule has 0 atom stereocenters. The Bertz CT molecular complexity index is 2510. The molecule has 0 saturated carbocycles. The number of nitrogens with zero attached hydrogens (tertiary/aromatic N) is 1. The maximum absolute atomic E-state index is 6.66. The van der Waals surface area contributed by atoms with E-state index in [9.17, 15) is 0 Å².